The van der Waals surface area contributed by atoms with Crippen LogP contribution in [0, 0.1) is 5.82 Å². The third kappa shape index (κ3) is 4.84. The molecule has 0 aromatic heterocycles. The van der Waals surface area contributed by atoms with Gasteiger partial charge in [0.15, 0.2) is 0 Å². The van der Waals surface area contributed by atoms with E-state index in [2.05, 4.69) is 4.72 Å². The lowest BCUT2D eigenvalue weighted by Crippen LogP contribution is -2.46. The van der Waals surface area contributed by atoms with Crippen molar-refractivity contribution in [2.75, 3.05) is 13.1 Å². The number of halogens is 1. The Labute approximate surface area is 181 Å². The third-order valence-corrected chi connectivity index (χ3v) is 7.01. The van der Waals surface area contributed by atoms with E-state index in [0.717, 1.165) is 23.3 Å². The molecule has 1 fully saturated rings. The first-order valence-electron chi connectivity index (χ1n) is 10.2. The van der Waals surface area contributed by atoms with Crippen LogP contribution in [0.15, 0.2) is 83.8 Å². The minimum atomic E-state index is -3.73. The van der Waals surface area contributed by atoms with Crippen LogP contribution in [0.1, 0.15) is 23.2 Å². The molecule has 1 N–H and O–H groups in total. The molecule has 0 atom stereocenters. The molecule has 0 unspecified atom stereocenters. The van der Waals surface area contributed by atoms with Crippen LogP contribution in [-0.2, 0) is 10.0 Å². The summed E-state index contributed by atoms with van der Waals surface area (Å²) in [5, 5.41) is 0. The quantitative estimate of drug-likeness (QED) is 0.653. The minimum absolute atomic E-state index is 0.0317. The van der Waals surface area contributed by atoms with E-state index in [-0.39, 0.29) is 16.8 Å². The first-order valence-corrected chi connectivity index (χ1v) is 11.6. The van der Waals surface area contributed by atoms with Gasteiger partial charge in [-0.25, -0.2) is 17.5 Å². The summed E-state index contributed by atoms with van der Waals surface area (Å²) >= 11 is 0. The van der Waals surface area contributed by atoms with Gasteiger partial charge in [0, 0.05) is 24.7 Å². The highest BCUT2D eigenvalue weighted by molar-refractivity contribution is 7.89. The second-order valence-electron chi connectivity index (χ2n) is 7.55. The zero-order chi connectivity index (χ0) is 21.8. The summed E-state index contributed by atoms with van der Waals surface area (Å²) in [6.07, 6.45) is 1.03. The lowest BCUT2D eigenvalue weighted by Gasteiger charge is -2.32. The van der Waals surface area contributed by atoms with E-state index in [9.17, 15) is 17.6 Å². The molecule has 0 bridgehead atoms. The fourth-order valence-electron chi connectivity index (χ4n) is 3.81. The molecule has 160 valence electrons. The fourth-order valence-corrected chi connectivity index (χ4v) is 5.12. The molecule has 1 aliphatic rings. The number of piperidine rings is 1. The van der Waals surface area contributed by atoms with Crippen LogP contribution in [0.3, 0.4) is 0 Å². The van der Waals surface area contributed by atoms with Gasteiger partial charge in [0.1, 0.15) is 5.82 Å². The normalized spacial score (nSPS) is 15.1. The Morgan fingerprint density at radius 2 is 1.48 bits per heavy atom. The number of rotatable bonds is 5. The maximum Gasteiger partial charge on any atom is 0.254 e. The third-order valence-electron chi connectivity index (χ3n) is 5.47. The van der Waals surface area contributed by atoms with E-state index < -0.39 is 15.8 Å². The molecular weight excluding hydrogens is 415 g/mol. The number of benzene rings is 3. The number of nitrogens with one attached hydrogen (secondary N) is 1. The highest BCUT2D eigenvalue weighted by Crippen LogP contribution is 2.26. The number of hydrogen-bond donors (Lipinski definition) is 1. The lowest BCUT2D eigenvalue weighted by atomic mass is 9.97. The highest BCUT2D eigenvalue weighted by atomic mass is 32.2. The molecule has 1 aliphatic heterocycles. The summed E-state index contributed by atoms with van der Waals surface area (Å²) in [5.41, 5.74) is 2.50. The van der Waals surface area contributed by atoms with E-state index in [1.54, 1.807) is 4.90 Å². The number of carbonyl (C=O) groups is 1. The second kappa shape index (κ2) is 8.99. The molecular formula is C24H23FN2O3S. The maximum absolute atomic E-state index is 13.2. The maximum atomic E-state index is 13.2. The monoisotopic (exact) mass is 438 g/mol. The minimum Gasteiger partial charge on any atom is -0.339 e. The Kier molecular flexibility index (Phi) is 6.15. The fraction of sp³-hybridized carbons (Fsp3) is 0.208. The van der Waals surface area contributed by atoms with Gasteiger partial charge < -0.3 is 4.90 Å². The zero-order valence-electron chi connectivity index (χ0n) is 16.9. The van der Waals surface area contributed by atoms with Crippen LogP contribution < -0.4 is 4.72 Å². The van der Waals surface area contributed by atoms with E-state index >= 15 is 0 Å². The average molecular weight is 439 g/mol. The summed E-state index contributed by atoms with van der Waals surface area (Å²) in [6.45, 7) is 0.914. The molecule has 7 heteroatoms. The first kappa shape index (κ1) is 21.2. The van der Waals surface area contributed by atoms with Crippen LogP contribution in [0.25, 0.3) is 11.1 Å². The number of carbonyl (C=O) groups excluding carboxylic acids is 1. The lowest BCUT2D eigenvalue weighted by molar-refractivity contribution is 0.0712. The van der Waals surface area contributed by atoms with Crippen LogP contribution >= 0.6 is 0 Å². The smallest absolute Gasteiger partial charge is 0.254 e. The molecule has 5 nitrogen and oxygen atoms in total. The van der Waals surface area contributed by atoms with E-state index in [0.29, 0.717) is 31.5 Å². The number of likely N-dealkylation sites (tertiary alicyclic amines) is 1. The SMILES string of the molecule is O=C(c1ccccc1-c1ccccc1)N1CCC(NS(=O)(=O)c2ccc(F)cc2)CC1. The zero-order valence-corrected chi connectivity index (χ0v) is 17.7. The number of amides is 1. The number of nitrogens with zero attached hydrogens (tertiary/aromatic N) is 1. The van der Waals surface area contributed by atoms with Crippen molar-refractivity contribution in [3.05, 3.63) is 90.2 Å². The van der Waals surface area contributed by atoms with E-state index in [1.165, 1.54) is 12.1 Å². The van der Waals surface area contributed by atoms with Crippen molar-refractivity contribution >= 4 is 15.9 Å². The summed E-state index contributed by atoms with van der Waals surface area (Å²) < 4.78 is 40.8. The molecule has 3 aromatic rings. The van der Waals surface area contributed by atoms with Crippen molar-refractivity contribution in [2.45, 2.75) is 23.8 Å². The van der Waals surface area contributed by atoms with Crippen LogP contribution in [-0.4, -0.2) is 38.4 Å². The van der Waals surface area contributed by atoms with E-state index in [1.807, 2.05) is 54.6 Å². The summed E-state index contributed by atoms with van der Waals surface area (Å²) in [4.78, 5) is 15.0. The molecule has 1 saturated heterocycles. The molecule has 4 rings (SSSR count). The van der Waals surface area contributed by atoms with E-state index in [4.69, 9.17) is 0 Å². The Morgan fingerprint density at radius 3 is 2.16 bits per heavy atom. The van der Waals surface area contributed by atoms with Gasteiger partial charge >= 0.3 is 0 Å². The first-order chi connectivity index (χ1) is 14.9. The van der Waals surface area contributed by atoms with Gasteiger partial charge in [0.25, 0.3) is 5.91 Å². The van der Waals surface area contributed by atoms with Gasteiger partial charge in [-0.05, 0) is 54.3 Å². The van der Waals surface area contributed by atoms with Crippen molar-refractivity contribution in [2.24, 2.45) is 0 Å². The number of hydrogen-bond acceptors (Lipinski definition) is 3. The average Bonchev–Trinajstić information content (AvgIpc) is 2.80. The predicted octanol–water partition coefficient (Wildman–Crippen LogP) is 4.08. The molecule has 1 heterocycles. The summed E-state index contributed by atoms with van der Waals surface area (Å²) in [5.74, 6) is -0.541. The highest BCUT2D eigenvalue weighted by Gasteiger charge is 2.28. The van der Waals surface area contributed by atoms with Crippen LogP contribution in [0.2, 0.25) is 0 Å². The molecule has 1 amide bonds. The standard InChI is InChI=1S/C24H23FN2O3S/c25-19-10-12-21(13-11-19)31(29,30)26-20-14-16-27(17-15-20)24(28)23-9-5-4-8-22(23)18-6-2-1-3-7-18/h1-13,20,26H,14-17H2. The molecule has 31 heavy (non-hydrogen) atoms. The summed E-state index contributed by atoms with van der Waals surface area (Å²) in [7, 11) is -3.73. The van der Waals surface area contributed by atoms with Crippen molar-refractivity contribution in [3.63, 3.8) is 0 Å². The Morgan fingerprint density at radius 1 is 0.871 bits per heavy atom. The Balaban J connectivity index is 1.43. The van der Waals surface area contributed by atoms with Gasteiger partial charge in [-0.1, -0.05) is 48.5 Å². The predicted molar refractivity (Wildman–Crippen MR) is 118 cm³/mol. The van der Waals surface area contributed by atoms with Crippen molar-refractivity contribution in [3.8, 4) is 11.1 Å². The molecule has 0 saturated carbocycles. The van der Waals surface area contributed by atoms with Crippen LogP contribution in [0.4, 0.5) is 4.39 Å². The Bertz CT molecular complexity index is 1160. The van der Waals surface area contributed by atoms with Crippen molar-refractivity contribution < 1.29 is 17.6 Å². The van der Waals surface area contributed by atoms with Crippen molar-refractivity contribution in [1.82, 2.24) is 9.62 Å². The van der Waals surface area contributed by atoms with Crippen LogP contribution in [0.5, 0.6) is 0 Å². The number of sulfonamides is 1. The van der Waals surface area contributed by atoms with Gasteiger partial charge in [-0.15, -0.1) is 0 Å². The second-order valence-corrected chi connectivity index (χ2v) is 9.27. The summed E-state index contributed by atoms with van der Waals surface area (Å²) in [6, 6.07) is 21.8. The van der Waals surface area contributed by atoms with Gasteiger partial charge in [-0.3, -0.25) is 4.79 Å². The largest absolute Gasteiger partial charge is 0.339 e. The molecule has 0 spiro atoms. The van der Waals surface area contributed by atoms with Gasteiger partial charge in [0.05, 0.1) is 4.90 Å². The topological polar surface area (TPSA) is 66.5 Å². The molecule has 0 aliphatic carbocycles. The molecule has 3 aromatic carbocycles. The Hall–Kier alpha value is -3.03. The van der Waals surface area contributed by atoms with Gasteiger partial charge in [0.2, 0.25) is 10.0 Å². The molecule has 0 radical (unpaired) electrons. The van der Waals surface area contributed by atoms with Crippen molar-refractivity contribution in [1.29, 1.82) is 0 Å². The van der Waals surface area contributed by atoms with Gasteiger partial charge in [-0.2, -0.15) is 0 Å².